The van der Waals surface area contributed by atoms with Crippen molar-refractivity contribution in [1.82, 2.24) is 10.2 Å². The number of amides is 1. The van der Waals surface area contributed by atoms with Crippen molar-refractivity contribution >= 4 is 11.9 Å². The normalized spacial score (nSPS) is 19.9. The molecule has 0 radical (unpaired) electrons. The molecule has 5 nitrogen and oxygen atoms in total. The number of hydrogen-bond donors (Lipinski definition) is 1. The van der Waals surface area contributed by atoms with Crippen molar-refractivity contribution in [2.24, 2.45) is 0 Å². The van der Waals surface area contributed by atoms with Gasteiger partial charge in [-0.1, -0.05) is 20.3 Å². The summed E-state index contributed by atoms with van der Waals surface area (Å²) in [6.45, 7) is 7.42. The molecule has 1 rings (SSSR count). The van der Waals surface area contributed by atoms with Gasteiger partial charge in [-0.2, -0.15) is 0 Å². The molecule has 1 amide bonds. The highest BCUT2D eigenvalue weighted by Gasteiger charge is 2.31. The Morgan fingerprint density at radius 3 is 2.55 bits per heavy atom. The SMILES string of the molecule is CCOC(=O)C1CCCCN1CC(=O)NC(CC)CC. The molecule has 1 aliphatic rings. The smallest absolute Gasteiger partial charge is 0.323 e. The van der Waals surface area contributed by atoms with E-state index in [0.717, 1.165) is 38.6 Å². The van der Waals surface area contributed by atoms with E-state index >= 15 is 0 Å². The predicted molar refractivity (Wildman–Crippen MR) is 78.4 cm³/mol. The van der Waals surface area contributed by atoms with Gasteiger partial charge in [-0.25, -0.2) is 0 Å². The Kier molecular flexibility index (Phi) is 7.59. The van der Waals surface area contributed by atoms with Crippen molar-refractivity contribution in [2.75, 3.05) is 19.7 Å². The van der Waals surface area contributed by atoms with Crippen LogP contribution in [0, 0.1) is 0 Å². The number of esters is 1. The van der Waals surface area contributed by atoms with Gasteiger partial charge in [-0.05, 0) is 39.2 Å². The highest BCUT2D eigenvalue weighted by atomic mass is 16.5. The second kappa shape index (κ2) is 8.95. The largest absolute Gasteiger partial charge is 0.465 e. The summed E-state index contributed by atoms with van der Waals surface area (Å²) >= 11 is 0. The second-order valence-corrected chi connectivity index (χ2v) is 5.32. The van der Waals surface area contributed by atoms with E-state index in [1.54, 1.807) is 0 Å². The number of carbonyl (C=O) groups excluding carboxylic acids is 2. The lowest BCUT2D eigenvalue weighted by Crippen LogP contribution is -2.50. The van der Waals surface area contributed by atoms with Crippen LogP contribution in [0.4, 0.5) is 0 Å². The van der Waals surface area contributed by atoms with Gasteiger partial charge in [0, 0.05) is 6.04 Å². The maximum Gasteiger partial charge on any atom is 0.323 e. The zero-order valence-corrected chi connectivity index (χ0v) is 13.0. The lowest BCUT2D eigenvalue weighted by molar-refractivity contribution is -0.151. The fourth-order valence-corrected chi connectivity index (χ4v) is 2.64. The summed E-state index contributed by atoms with van der Waals surface area (Å²) in [6, 6.07) is -0.0236. The third-order valence-electron chi connectivity index (χ3n) is 3.87. The van der Waals surface area contributed by atoms with E-state index in [2.05, 4.69) is 19.2 Å². The van der Waals surface area contributed by atoms with Gasteiger partial charge in [0.2, 0.25) is 5.91 Å². The molecule has 1 heterocycles. The van der Waals surface area contributed by atoms with Crippen LogP contribution < -0.4 is 5.32 Å². The van der Waals surface area contributed by atoms with Gasteiger partial charge in [-0.3, -0.25) is 14.5 Å². The molecule has 1 N–H and O–H groups in total. The first-order valence-electron chi connectivity index (χ1n) is 7.82. The van der Waals surface area contributed by atoms with Crippen molar-refractivity contribution in [3.8, 4) is 0 Å². The molecule has 1 fully saturated rings. The van der Waals surface area contributed by atoms with Gasteiger partial charge in [0.05, 0.1) is 13.2 Å². The van der Waals surface area contributed by atoms with Crippen molar-refractivity contribution in [3.05, 3.63) is 0 Å². The van der Waals surface area contributed by atoms with Gasteiger partial charge in [0.25, 0.3) is 0 Å². The van der Waals surface area contributed by atoms with Crippen molar-refractivity contribution < 1.29 is 14.3 Å². The van der Waals surface area contributed by atoms with Crippen LogP contribution in [-0.2, 0) is 14.3 Å². The Labute approximate surface area is 122 Å². The van der Waals surface area contributed by atoms with E-state index in [1.165, 1.54) is 0 Å². The zero-order chi connectivity index (χ0) is 15.0. The third-order valence-corrected chi connectivity index (χ3v) is 3.87. The van der Waals surface area contributed by atoms with Crippen LogP contribution in [0.25, 0.3) is 0 Å². The molecule has 5 heteroatoms. The van der Waals surface area contributed by atoms with Crippen molar-refractivity contribution in [3.63, 3.8) is 0 Å². The molecule has 0 aromatic rings. The second-order valence-electron chi connectivity index (χ2n) is 5.32. The molecule has 1 atom stereocenters. The topological polar surface area (TPSA) is 58.6 Å². The highest BCUT2D eigenvalue weighted by molar-refractivity contribution is 5.80. The minimum absolute atomic E-state index is 0.00917. The molecular formula is C15H28N2O3. The van der Waals surface area contributed by atoms with Gasteiger partial charge in [0.15, 0.2) is 0 Å². The molecule has 20 heavy (non-hydrogen) atoms. The van der Waals surface area contributed by atoms with E-state index in [0.29, 0.717) is 13.2 Å². The molecule has 0 spiro atoms. The number of piperidine rings is 1. The standard InChI is InChI=1S/C15H28N2O3/c1-4-12(5-2)16-14(18)11-17-10-8-7-9-13(17)15(19)20-6-3/h12-13H,4-11H2,1-3H3,(H,16,18). The van der Waals surface area contributed by atoms with Crippen LogP contribution in [0.15, 0.2) is 0 Å². The minimum Gasteiger partial charge on any atom is -0.465 e. The summed E-state index contributed by atoms with van der Waals surface area (Å²) in [4.78, 5) is 25.9. The average molecular weight is 284 g/mol. The first-order chi connectivity index (χ1) is 9.62. The summed E-state index contributed by atoms with van der Waals surface area (Å²) in [5.74, 6) is -0.183. The van der Waals surface area contributed by atoms with E-state index in [4.69, 9.17) is 4.74 Å². The average Bonchev–Trinajstić information content (AvgIpc) is 2.45. The number of likely N-dealkylation sites (tertiary alicyclic amines) is 1. The van der Waals surface area contributed by atoms with Crippen LogP contribution >= 0.6 is 0 Å². The first kappa shape index (κ1) is 17.0. The molecule has 0 aromatic carbocycles. The summed E-state index contributed by atoms with van der Waals surface area (Å²) < 4.78 is 5.10. The van der Waals surface area contributed by atoms with Gasteiger partial charge in [-0.15, -0.1) is 0 Å². The molecule has 0 bridgehead atoms. The van der Waals surface area contributed by atoms with Crippen LogP contribution in [0.2, 0.25) is 0 Å². The Morgan fingerprint density at radius 1 is 1.25 bits per heavy atom. The summed E-state index contributed by atoms with van der Waals surface area (Å²) in [5, 5.41) is 3.02. The first-order valence-corrected chi connectivity index (χ1v) is 7.82. The van der Waals surface area contributed by atoms with Crippen molar-refractivity contribution in [2.45, 2.75) is 65.0 Å². The molecule has 0 aromatic heterocycles. The molecule has 1 saturated heterocycles. The Bertz CT molecular complexity index is 316. The molecule has 1 aliphatic heterocycles. The Morgan fingerprint density at radius 2 is 1.95 bits per heavy atom. The lowest BCUT2D eigenvalue weighted by atomic mass is 10.0. The zero-order valence-electron chi connectivity index (χ0n) is 13.0. The lowest BCUT2D eigenvalue weighted by Gasteiger charge is -2.33. The number of ether oxygens (including phenoxy) is 1. The summed E-state index contributed by atoms with van der Waals surface area (Å²) in [7, 11) is 0. The molecule has 116 valence electrons. The maximum atomic E-state index is 12.1. The van der Waals surface area contributed by atoms with Crippen LogP contribution in [-0.4, -0.2) is 48.6 Å². The van der Waals surface area contributed by atoms with Gasteiger partial charge in [0.1, 0.15) is 6.04 Å². The van der Waals surface area contributed by atoms with Crippen LogP contribution in [0.1, 0.15) is 52.9 Å². The number of rotatable bonds is 7. The molecule has 0 aliphatic carbocycles. The molecule has 1 unspecified atom stereocenters. The van der Waals surface area contributed by atoms with Crippen LogP contribution in [0.3, 0.4) is 0 Å². The highest BCUT2D eigenvalue weighted by Crippen LogP contribution is 2.18. The number of carbonyl (C=O) groups is 2. The number of hydrogen-bond acceptors (Lipinski definition) is 4. The van der Waals surface area contributed by atoms with E-state index in [1.807, 2.05) is 11.8 Å². The quantitative estimate of drug-likeness (QED) is 0.723. The maximum absolute atomic E-state index is 12.1. The summed E-state index contributed by atoms with van der Waals surface area (Å²) in [6.07, 6.45) is 4.71. The van der Waals surface area contributed by atoms with Crippen LogP contribution in [0.5, 0.6) is 0 Å². The summed E-state index contributed by atoms with van der Waals surface area (Å²) in [5.41, 5.74) is 0. The Balaban J connectivity index is 2.53. The van der Waals surface area contributed by atoms with Gasteiger partial charge >= 0.3 is 5.97 Å². The molecule has 0 saturated carbocycles. The van der Waals surface area contributed by atoms with E-state index in [-0.39, 0.29) is 24.0 Å². The van der Waals surface area contributed by atoms with E-state index < -0.39 is 0 Å². The molecular weight excluding hydrogens is 256 g/mol. The third kappa shape index (κ3) is 5.12. The fraction of sp³-hybridized carbons (Fsp3) is 0.867. The fourth-order valence-electron chi connectivity index (χ4n) is 2.64. The number of nitrogens with one attached hydrogen (secondary N) is 1. The minimum atomic E-state index is -0.254. The predicted octanol–water partition coefficient (Wildman–Crippen LogP) is 1.71. The number of nitrogens with zero attached hydrogens (tertiary/aromatic N) is 1. The monoisotopic (exact) mass is 284 g/mol. The van der Waals surface area contributed by atoms with E-state index in [9.17, 15) is 9.59 Å². The van der Waals surface area contributed by atoms with Crippen molar-refractivity contribution in [1.29, 1.82) is 0 Å². The Hall–Kier alpha value is -1.10. The van der Waals surface area contributed by atoms with Gasteiger partial charge < -0.3 is 10.1 Å².